The molecule has 3 nitrogen and oxygen atoms in total. The van der Waals surface area contributed by atoms with E-state index in [4.69, 9.17) is 5.11 Å². The second-order valence-electron chi connectivity index (χ2n) is 5.15. The summed E-state index contributed by atoms with van der Waals surface area (Å²) in [6.45, 7) is 8.69. The van der Waals surface area contributed by atoms with Crippen molar-refractivity contribution in [1.82, 2.24) is 10.2 Å². The molecule has 0 saturated heterocycles. The average molecular weight is 250 g/mol. The molecule has 1 aromatic carbocycles. The summed E-state index contributed by atoms with van der Waals surface area (Å²) in [6.07, 6.45) is 0. The van der Waals surface area contributed by atoms with Gasteiger partial charge in [0.2, 0.25) is 0 Å². The lowest BCUT2D eigenvalue weighted by molar-refractivity contribution is 0.270. The highest BCUT2D eigenvalue weighted by atomic mass is 16.3. The summed E-state index contributed by atoms with van der Waals surface area (Å²) in [5, 5.41) is 12.6. The van der Waals surface area contributed by atoms with Gasteiger partial charge in [0.15, 0.2) is 0 Å². The molecule has 1 aromatic rings. The van der Waals surface area contributed by atoms with E-state index in [0.717, 1.165) is 18.7 Å². The minimum absolute atomic E-state index is 0.108. The van der Waals surface area contributed by atoms with Gasteiger partial charge in [0.25, 0.3) is 0 Å². The highest BCUT2D eigenvalue weighted by Gasteiger charge is 2.07. The molecule has 0 heterocycles. The van der Waals surface area contributed by atoms with Gasteiger partial charge in [-0.3, -0.25) is 0 Å². The summed E-state index contributed by atoms with van der Waals surface area (Å²) >= 11 is 0. The molecule has 18 heavy (non-hydrogen) atoms. The summed E-state index contributed by atoms with van der Waals surface area (Å²) in [4.78, 5) is 2.32. The first-order valence-corrected chi connectivity index (χ1v) is 6.68. The van der Waals surface area contributed by atoms with Crippen molar-refractivity contribution < 1.29 is 5.11 Å². The van der Waals surface area contributed by atoms with Gasteiger partial charge in [-0.2, -0.15) is 0 Å². The molecule has 0 bridgehead atoms. The lowest BCUT2D eigenvalue weighted by atomic mass is 10.1. The van der Waals surface area contributed by atoms with E-state index in [1.807, 2.05) is 12.1 Å². The van der Waals surface area contributed by atoms with Crippen molar-refractivity contribution in [2.75, 3.05) is 20.1 Å². The first-order chi connectivity index (χ1) is 8.54. The number of aliphatic hydroxyl groups excluding tert-OH is 1. The van der Waals surface area contributed by atoms with E-state index in [1.165, 1.54) is 5.56 Å². The fraction of sp³-hybridized carbons (Fsp3) is 0.600. The zero-order valence-corrected chi connectivity index (χ0v) is 12.0. The van der Waals surface area contributed by atoms with Crippen molar-refractivity contribution in [3.05, 3.63) is 35.4 Å². The van der Waals surface area contributed by atoms with Gasteiger partial charge >= 0.3 is 0 Å². The van der Waals surface area contributed by atoms with E-state index >= 15 is 0 Å². The molecule has 1 unspecified atom stereocenters. The number of rotatable bonds is 7. The molecule has 0 fully saturated rings. The smallest absolute Gasteiger partial charge is 0.0681 e. The molecule has 0 aliphatic rings. The Hall–Kier alpha value is -0.900. The van der Waals surface area contributed by atoms with E-state index in [1.54, 1.807) is 0 Å². The van der Waals surface area contributed by atoms with Gasteiger partial charge in [0.05, 0.1) is 6.61 Å². The van der Waals surface area contributed by atoms with Gasteiger partial charge < -0.3 is 15.3 Å². The number of nitrogens with one attached hydrogen (secondary N) is 1. The number of nitrogens with zero attached hydrogens (tertiary/aromatic N) is 1. The Morgan fingerprint density at radius 2 is 2.00 bits per heavy atom. The molecule has 2 N–H and O–H groups in total. The lowest BCUT2D eigenvalue weighted by Gasteiger charge is -2.22. The molecule has 0 saturated carbocycles. The number of hydrogen-bond acceptors (Lipinski definition) is 3. The van der Waals surface area contributed by atoms with Crippen LogP contribution in [0.25, 0.3) is 0 Å². The third kappa shape index (κ3) is 4.77. The fourth-order valence-corrected chi connectivity index (χ4v) is 1.79. The van der Waals surface area contributed by atoms with Crippen molar-refractivity contribution in [3.63, 3.8) is 0 Å². The number of likely N-dealkylation sites (N-methyl/N-ethyl adjacent to an activating group) is 1. The minimum atomic E-state index is 0.108. The number of hydrogen-bond donors (Lipinski definition) is 2. The van der Waals surface area contributed by atoms with Crippen molar-refractivity contribution >= 4 is 0 Å². The normalized spacial score (nSPS) is 13.3. The second kappa shape index (κ2) is 7.52. The summed E-state index contributed by atoms with van der Waals surface area (Å²) in [5.74, 6) is 0. The Morgan fingerprint density at radius 1 is 1.28 bits per heavy atom. The summed E-state index contributed by atoms with van der Waals surface area (Å²) in [5.41, 5.74) is 2.20. The Bertz CT molecular complexity index is 352. The van der Waals surface area contributed by atoms with Crippen LogP contribution in [0.3, 0.4) is 0 Å². The SMILES string of the molecule is CC(NCCN(C)C(C)C)c1cccc(CO)c1. The van der Waals surface area contributed by atoms with Crippen molar-refractivity contribution in [2.24, 2.45) is 0 Å². The van der Waals surface area contributed by atoms with Crippen LogP contribution in [-0.2, 0) is 6.61 Å². The van der Waals surface area contributed by atoms with Gasteiger partial charge in [-0.25, -0.2) is 0 Å². The van der Waals surface area contributed by atoms with E-state index in [9.17, 15) is 0 Å². The molecule has 1 rings (SSSR count). The van der Waals surface area contributed by atoms with E-state index in [-0.39, 0.29) is 6.61 Å². The predicted octanol–water partition coefficient (Wildman–Crippen LogP) is 2.17. The van der Waals surface area contributed by atoms with Gasteiger partial charge in [-0.15, -0.1) is 0 Å². The number of benzene rings is 1. The topological polar surface area (TPSA) is 35.5 Å². The molecule has 1 atom stereocenters. The molecule has 3 heteroatoms. The van der Waals surface area contributed by atoms with Crippen LogP contribution in [0.1, 0.15) is 37.9 Å². The molecule has 102 valence electrons. The molecule has 0 aliphatic heterocycles. The maximum absolute atomic E-state index is 9.13. The minimum Gasteiger partial charge on any atom is -0.392 e. The highest BCUT2D eigenvalue weighted by molar-refractivity contribution is 5.25. The first-order valence-electron chi connectivity index (χ1n) is 6.68. The van der Waals surface area contributed by atoms with Crippen LogP contribution in [0.5, 0.6) is 0 Å². The van der Waals surface area contributed by atoms with Gasteiger partial charge in [0, 0.05) is 25.2 Å². The Balaban J connectivity index is 2.42. The van der Waals surface area contributed by atoms with E-state index in [0.29, 0.717) is 12.1 Å². The third-order valence-electron chi connectivity index (χ3n) is 3.43. The highest BCUT2D eigenvalue weighted by Crippen LogP contribution is 2.14. The van der Waals surface area contributed by atoms with Crippen LogP contribution in [0, 0.1) is 0 Å². The van der Waals surface area contributed by atoms with Crippen molar-refractivity contribution in [3.8, 4) is 0 Å². The maximum Gasteiger partial charge on any atom is 0.0681 e. The summed E-state index contributed by atoms with van der Waals surface area (Å²) in [6, 6.07) is 9.01. The van der Waals surface area contributed by atoms with Crippen molar-refractivity contribution in [1.29, 1.82) is 0 Å². The third-order valence-corrected chi connectivity index (χ3v) is 3.43. The van der Waals surface area contributed by atoms with Crippen LogP contribution >= 0.6 is 0 Å². The zero-order chi connectivity index (χ0) is 13.5. The standard InChI is InChI=1S/C15H26N2O/c1-12(2)17(4)9-8-16-13(3)15-7-5-6-14(10-15)11-18/h5-7,10,12-13,16,18H,8-9,11H2,1-4H3. The Kier molecular flexibility index (Phi) is 6.33. The average Bonchev–Trinajstić information content (AvgIpc) is 2.38. The molecule has 0 aromatic heterocycles. The van der Waals surface area contributed by atoms with Crippen LogP contribution < -0.4 is 5.32 Å². The lowest BCUT2D eigenvalue weighted by Crippen LogP contribution is -2.34. The van der Waals surface area contributed by atoms with Crippen LogP contribution in [-0.4, -0.2) is 36.2 Å². The molecule has 0 spiro atoms. The molecular weight excluding hydrogens is 224 g/mol. The van der Waals surface area contributed by atoms with Crippen LogP contribution in [0.15, 0.2) is 24.3 Å². The fourth-order valence-electron chi connectivity index (χ4n) is 1.79. The second-order valence-corrected chi connectivity index (χ2v) is 5.15. The molecule has 0 aliphatic carbocycles. The quantitative estimate of drug-likeness (QED) is 0.778. The van der Waals surface area contributed by atoms with Crippen LogP contribution in [0.2, 0.25) is 0 Å². The maximum atomic E-state index is 9.13. The van der Waals surface area contributed by atoms with Gasteiger partial charge in [-0.05, 0) is 38.9 Å². The van der Waals surface area contributed by atoms with Crippen molar-refractivity contribution in [2.45, 2.75) is 39.5 Å². The first kappa shape index (κ1) is 15.2. The molecular formula is C15H26N2O. The Labute approximate surface area is 111 Å². The zero-order valence-electron chi connectivity index (χ0n) is 12.0. The van der Waals surface area contributed by atoms with Gasteiger partial charge in [-0.1, -0.05) is 24.3 Å². The largest absolute Gasteiger partial charge is 0.392 e. The predicted molar refractivity (Wildman–Crippen MR) is 76.5 cm³/mol. The number of aliphatic hydroxyl groups is 1. The Morgan fingerprint density at radius 3 is 2.61 bits per heavy atom. The summed E-state index contributed by atoms with van der Waals surface area (Å²) < 4.78 is 0. The van der Waals surface area contributed by atoms with Gasteiger partial charge in [0.1, 0.15) is 0 Å². The van der Waals surface area contributed by atoms with Crippen LogP contribution in [0.4, 0.5) is 0 Å². The molecule has 0 radical (unpaired) electrons. The van der Waals surface area contributed by atoms with E-state index in [2.05, 4.69) is 50.2 Å². The molecule has 0 amide bonds. The van der Waals surface area contributed by atoms with E-state index < -0.39 is 0 Å². The summed E-state index contributed by atoms with van der Waals surface area (Å²) in [7, 11) is 2.14. The monoisotopic (exact) mass is 250 g/mol.